The van der Waals surface area contributed by atoms with Crippen molar-refractivity contribution in [1.82, 2.24) is 5.32 Å². The van der Waals surface area contributed by atoms with Gasteiger partial charge in [0.2, 0.25) is 0 Å². The number of amides is 1. The zero-order chi connectivity index (χ0) is 13.2. The topological polar surface area (TPSA) is 29.1 Å². The average Bonchev–Trinajstić information content (AvgIpc) is 2.19. The fourth-order valence-corrected chi connectivity index (χ4v) is 1.61. The number of nitrogens with one attached hydrogen (secondary N) is 1. The lowest BCUT2D eigenvalue weighted by molar-refractivity contribution is 0.0939. The van der Waals surface area contributed by atoms with Gasteiger partial charge in [0.1, 0.15) is 5.82 Å². The highest BCUT2D eigenvalue weighted by molar-refractivity contribution is 6.36. The first-order valence-electron chi connectivity index (χ1n) is 5.13. The monoisotopic (exact) mass is 277 g/mol. The first-order valence-corrected chi connectivity index (χ1v) is 5.89. The summed E-state index contributed by atoms with van der Waals surface area (Å²) in [5, 5.41) is 2.74. The summed E-state index contributed by atoms with van der Waals surface area (Å²) in [4.78, 5) is 11.8. The van der Waals surface area contributed by atoms with E-state index in [1.165, 1.54) is 6.07 Å². The molecule has 1 aromatic rings. The van der Waals surface area contributed by atoms with Crippen molar-refractivity contribution in [2.24, 2.45) is 5.41 Å². The first-order chi connectivity index (χ1) is 7.70. The molecule has 1 rings (SSSR count). The van der Waals surface area contributed by atoms with E-state index in [1.54, 1.807) is 0 Å². The predicted octanol–water partition coefficient (Wildman–Crippen LogP) is 3.91. The van der Waals surface area contributed by atoms with Gasteiger partial charge in [-0.3, -0.25) is 4.79 Å². The Morgan fingerprint density at radius 2 is 1.88 bits per heavy atom. The molecule has 0 aliphatic carbocycles. The van der Waals surface area contributed by atoms with E-state index in [2.05, 4.69) is 5.32 Å². The van der Waals surface area contributed by atoms with Crippen LogP contribution < -0.4 is 5.32 Å². The SMILES string of the molecule is CC(C)(C)CNC(=O)c1cc(F)c(Cl)cc1Cl. The number of carbonyl (C=O) groups is 1. The highest BCUT2D eigenvalue weighted by atomic mass is 35.5. The maximum atomic E-state index is 13.2. The van der Waals surface area contributed by atoms with Gasteiger partial charge in [0.15, 0.2) is 0 Å². The van der Waals surface area contributed by atoms with Crippen LogP contribution in [-0.2, 0) is 0 Å². The predicted molar refractivity (Wildman–Crippen MR) is 68.2 cm³/mol. The van der Waals surface area contributed by atoms with E-state index < -0.39 is 11.7 Å². The van der Waals surface area contributed by atoms with Crippen molar-refractivity contribution in [2.45, 2.75) is 20.8 Å². The van der Waals surface area contributed by atoms with Crippen molar-refractivity contribution in [3.05, 3.63) is 33.6 Å². The lowest BCUT2D eigenvalue weighted by Crippen LogP contribution is -2.32. The van der Waals surface area contributed by atoms with Crippen molar-refractivity contribution >= 4 is 29.1 Å². The molecule has 1 amide bonds. The number of benzene rings is 1. The number of rotatable bonds is 2. The minimum Gasteiger partial charge on any atom is -0.351 e. The van der Waals surface area contributed by atoms with Gasteiger partial charge in [0.05, 0.1) is 15.6 Å². The van der Waals surface area contributed by atoms with Crippen molar-refractivity contribution in [3.8, 4) is 0 Å². The smallest absolute Gasteiger partial charge is 0.252 e. The lowest BCUT2D eigenvalue weighted by Gasteiger charge is -2.19. The number of carbonyl (C=O) groups excluding carboxylic acids is 1. The van der Waals surface area contributed by atoms with Crippen LogP contribution in [0.25, 0.3) is 0 Å². The Morgan fingerprint density at radius 3 is 2.41 bits per heavy atom. The molecule has 1 aromatic carbocycles. The number of hydrogen-bond donors (Lipinski definition) is 1. The fraction of sp³-hybridized carbons (Fsp3) is 0.417. The van der Waals surface area contributed by atoms with Gasteiger partial charge in [-0.1, -0.05) is 44.0 Å². The fourth-order valence-electron chi connectivity index (χ4n) is 1.14. The van der Waals surface area contributed by atoms with Crippen molar-refractivity contribution in [3.63, 3.8) is 0 Å². The van der Waals surface area contributed by atoms with Crippen molar-refractivity contribution < 1.29 is 9.18 Å². The van der Waals surface area contributed by atoms with Crippen LogP contribution in [0.1, 0.15) is 31.1 Å². The van der Waals surface area contributed by atoms with E-state index in [4.69, 9.17) is 23.2 Å². The molecule has 0 aromatic heterocycles. The average molecular weight is 278 g/mol. The van der Waals surface area contributed by atoms with Crippen LogP contribution in [0.15, 0.2) is 12.1 Å². The molecule has 0 atom stereocenters. The summed E-state index contributed by atoms with van der Waals surface area (Å²) in [5.41, 5.74) is 0.0467. The Morgan fingerprint density at radius 1 is 1.29 bits per heavy atom. The second kappa shape index (κ2) is 5.23. The van der Waals surface area contributed by atoms with E-state index in [0.717, 1.165) is 6.07 Å². The molecule has 0 saturated carbocycles. The molecule has 0 aliphatic heterocycles. The highest BCUT2D eigenvalue weighted by Crippen LogP contribution is 2.24. The van der Waals surface area contributed by atoms with Crippen LogP contribution >= 0.6 is 23.2 Å². The third-order valence-electron chi connectivity index (χ3n) is 2.03. The Balaban J connectivity index is 2.86. The van der Waals surface area contributed by atoms with Gasteiger partial charge in [-0.15, -0.1) is 0 Å². The van der Waals surface area contributed by atoms with Gasteiger partial charge in [-0.2, -0.15) is 0 Å². The largest absolute Gasteiger partial charge is 0.351 e. The Kier molecular flexibility index (Phi) is 4.39. The molecule has 0 heterocycles. The molecule has 0 saturated heterocycles. The van der Waals surface area contributed by atoms with Crippen LogP contribution in [0.2, 0.25) is 10.0 Å². The quantitative estimate of drug-likeness (QED) is 0.816. The second-order valence-electron chi connectivity index (χ2n) is 4.99. The van der Waals surface area contributed by atoms with Crippen LogP contribution in [0.5, 0.6) is 0 Å². The zero-order valence-electron chi connectivity index (χ0n) is 9.90. The van der Waals surface area contributed by atoms with Gasteiger partial charge in [0, 0.05) is 6.54 Å². The Bertz CT molecular complexity index is 441. The molecule has 0 spiro atoms. The molecule has 0 aliphatic rings. The van der Waals surface area contributed by atoms with Crippen molar-refractivity contribution in [2.75, 3.05) is 6.54 Å². The molecule has 0 radical (unpaired) electrons. The third-order valence-corrected chi connectivity index (χ3v) is 2.64. The highest BCUT2D eigenvalue weighted by Gasteiger charge is 2.17. The zero-order valence-corrected chi connectivity index (χ0v) is 11.4. The Hall–Kier alpha value is -0.800. The summed E-state index contributed by atoms with van der Waals surface area (Å²) in [6.07, 6.45) is 0. The molecule has 0 bridgehead atoms. The van der Waals surface area contributed by atoms with E-state index >= 15 is 0 Å². The summed E-state index contributed by atoms with van der Waals surface area (Å²) in [7, 11) is 0. The molecule has 1 N–H and O–H groups in total. The molecular formula is C12H14Cl2FNO. The van der Waals surface area contributed by atoms with Gasteiger partial charge >= 0.3 is 0 Å². The second-order valence-corrected chi connectivity index (χ2v) is 5.80. The number of hydrogen-bond acceptors (Lipinski definition) is 1. The Labute approximate surface area is 110 Å². The molecule has 2 nitrogen and oxygen atoms in total. The summed E-state index contributed by atoms with van der Waals surface area (Å²) < 4.78 is 13.2. The van der Waals surface area contributed by atoms with Gasteiger partial charge in [-0.25, -0.2) is 4.39 Å². The van der Waals surface area contributed by atoms with Crippen LogP contribution in [0, 0.1) is 11.2 Å². The van der Waals surface area contributed by atoms with Gasteiger partial charge < -0.3 is 5.32 Å². The molecule has 0 fully saturated rings. The third kappa shape index (κ3) is 4.17. The van der Waals surface area contributed by atoms with Crippen LogP contribution in [0.3, 0.4) is 0 Å². The molecule has 17 heavy (non-hydrogen) atoms. The standard InChI is InChI=1S/C12H14Cl2FNO/c1-12(2,3)6-16-11(17)7-4-10(15)9(14)5-8(7)13/h4-5H,6H2,1-3H3,(H,16,17). The van der Waals surface area contributed by atoms with E-state index in [9.17, 15) is 9.18 Å². The maximum absolute atomic E-state index is 13.2. The van der Waals surface area contributed by atoms with Gasteiger partial charge in [-0.05, 0) is 17.5 Å². The lowest BCUT2D eigenvalue weighted by atomic mass is 9.97. The normalized spacial score (nSPS) is 11.4. The first kappa shape index (κ1) is 14.3. The van der Waals surface area contributed by atoms with Crippen molar-refractivity contribution in [1.29, 1.82) is 0 Å². The summed E-state index contributed by atoms with van der Waals surface area (Å²) in [5.74, 6) is -1.06. The summed E-state index contributed by atoms with van der Waals surface area (Å²) >= 11 is 11.4. The molecular weight excluding hydrogens is 264 g/mol. The number of halogens is 3. The molecule has 5 heteroatoms. The molecule has 0 unspecified atom stereocenters. The minimum atomic E-state index is -0.656. The van der Waals surface area contributed by atoms with Crippen LogP contribution in [-0.4, -0.2) is 12.5 Å². The van der Waals surface area contributed by atoms with Gasteiger partial charge in [0.25, 0.3) is 5.91 Å². The van der Waals surface area contributed by atoms with E-state index in [0.29, 0.717) is 6.54 Å². The van der Waals surface area contributed by atoms with E-state index in [-0.39, 0.29) is 21.0 Å². The summed E-state index contributed by atoms with van der Waals surface area (Å²) in [6.45, 7) is 6.43. The minimum absolute atomic E-state index is 0.0485. The maximum Gasteiger partial charge on any atom is 0.252 e. The van der Waals surface area contributed by atoms with Crippen LogP contribution in [0.4, 0.5) is 4.39 Å². The van der Waals surface area contributed by atoms with E-state index in [1.807, 2.05) is 20.8 Å². The summed E-state index contributed by atoms with van der Waals surface area (Å²) in [6, 6.07) is 2.27. The molecule has 94 valence electrons.